The molecule has 3 aliphatic rings. The minimum Gasteiger partial charge on any atom is -0.394 e. The maximum Gasteiger partial charge on any atom is 0.222 e. The van der Waals surface area contributed by atoms with Gasteiger partial charge in [-0.1, -0.05) is 6.42 Å². The van der Waals surface area contributed by atoms with Gasteiger partial charge >= 0.3 is 0 Å². The molecule has 6 unspecified atom stereocenters. The first kappa shape index (κ1) is 79.3. The molecule has 15 atom stereocenters. The van der Waals surface area contributed by atoms with Gasteiger partial charge in [0.25, 0.3) is 0 Å². The normalized spacial score (nSPS) is 27.5. The molecule has 0 radical (unpaired) electrons. The predicted molar refractivity (Wildman–Crippen MR) is 310 cm³/mol. The van der Waals surface area contributed by atoms with E-state index in [1.165, 1.54) is 20.8 Å². The lowest BCUT2D eigenvalue weighted by molar-refractivity contribution is -0.270. The fourth-order valence-corrected chi connectivity index (χ4v) is 9.54. The van der Waals surface area contributed by atoms with Crippen LogP contribution in [0.5, 0.6) is 0 Å². The number of nitrogens with one attached hydrogen (secondary N) is 8. The summed E-state index contributed by atoms with van der Waals surface area (Å²) in [7, 11) is 0. The van der Waals surface area contributed by atoms with Crippen LogP contribution in [0.3, 0.4) is 0 Å². The minimum absolute atomic E-state index is 0.0136. The Morgan fingerprint density at radius 3 is 1.11 bits per heavy atom. The molecule has 0 saturated carbocycles. The molecule has 8 amide bonds. The lowest BCUT2D eigenvalue weighted by atomic mass is 9.93. The molecule has 520 valence electrons. The van der Waals surface area contributed by atoms with Gasteiger partial charge in [-0.2, -0.15) is 0 Å². The molecule has 90 heavy (non-hydrogen) atoms. The number of aliphatic hydroxyl groups is 9. The van der Waals surface area contributed by atoms with Crippen molar-refractivity contribution in [1.29, 1.82) is 0 Å². The van der Waals surface area contributed by atoms with E-state index in [9.17, 15) is 84.3 Å². The topological polar surface area (TPSA) is 498 Å². The highest BCUT2D eigenvalue weighted by atomic mass is 16.7. The predicted octanol–water partition coefficient (Wildman–Crippen LogP) is -6.72. The molecule has 0 spiro atoms. The number of ether oxygens (including phenoxy) is 9. The van der Waals surface area contributed by atoms with Crippen LogP contribution in [0, 0.1) is 0 Å². The van der Waals surface area contributed by atoms with Crippen molar-refractivity contribution in [2.45, 2.75) is 215 Å². The maximum atomic E-state index is 13.8. The largest absolute Gasteiger partial charge is 0.394 e. The number of carbonyl (C=O) groups excluding carboxylic acids is 8. The Balaban J connectivity index is 1.67. The summed E-state index contributed by atoms with van der Waals surface area (Å²) in [4.78, 5) is 101. The first-order valence-electron chi connectivity index (χ1n) is 30.3. The summed E-state index contributed by atoms with van der Waals surface area (Å²) < 4.78 is 51.5. The molecule has 34 heteroatoms. The van der Waals surface area contributed by atoms with E-state index in [2.05, 4.69) is 42.5 Å². The monoisotopic (exact) mass is 1300 g/mol. The molecule has 17 N–H and O–H groups in total. The number of hydrogen-bond acceptors (Lipinski definition) is 26. The fraction of sp³-hybridized carbons (Fsp3) is 0.857. The van der Waals surface area contributed by atoms with Crippen LogP contribution in [0.4, 0.5) is 0 Å². The Kier molecular flexibility index (Phi) is 36.6. The molecule has 0 aromatic heterocycles. The number of aliphatic hydroxyl groups excluding tert-OH is 9. The van der Waals surface area contributed by atoms with Crippen molar-refractivity contribution >= 4 is 47.3 Å². The van der Waals surface area contributed by atoms with Crippen molar-refractivity contribution in [2.24, 2.45) is 0 Å². The SMILES string of the molecule is CC(=O)NC1[C@H](OCCCNC(=O)CCCCC(COCCC(=O)NCCCO[C@@H]2OC(CO)[C@H](O)[C@H](O)C2NC(C)=O)(COCCC(=O)NCCCO[C@@H]2OC(CO)[C@H](O)[C@H](O)C2NC(C)=O)NC(=O)CCC(=O)NCOC(C)(C)C)OC(CO)[C@H](O)[C@@H]1O. The Labute approximate surface area is 523 Å². The van der Waals surface area contributed by atoms with Crippen LogP contribution in [0.1, 0.15) is 112 Å². The van der Waals surface area contributed by atoms with E-state index in [-0.39, 0.29) is 143 Å². The Bertz CT molecular complexity index is 1990. The smallest absolute Gasteiger partial charge is 0.222 e. The second-order valence-corrected chi connectivity index (χ2v) is 23.2. The fourth-order valence-electron chi connectivity index (χ4n) is 9.54. The summed E-state index contributed by atoms with van der Waals surface area (Å²) >= 11 is 0. The number of hydrogen-bond donors (Lipinski definition) is 17. The lowest BCUT2D eigenvalue weighted by Gasteiger charge is -2.42. The van der Waals surface area contributed by atoms with Crippen molar-refractivity contribution in [1.82, 2.24) is 42.5 Å². The molecular formula is C56H100N8O26. The third-order valence-electron chi connectivity index (χ3n) is 14.3. The third kappa shape index (κ3) is 29.3. The van der Waals surface area contributed by atoms with Crippen LogP contribution in [-0.2, 0) is 81.0 Å². The van der Waals surface area contributed by atoms with Crippen LogP contribution in [0.25, 0.3) is 0 Å². The van der Waals surface area contributed by atoms with Gasteiger partial charge in [-0.15, -0.1) is 0 Å². The van der Waals surface area contributed by atoms with Gasteiger partial charge in [0.1, 0.15) is 79.8 Å². The molecule has 3 heterocycles. The van der Waals surface area contributed by atoms with E-state index < -0.39 is 164 Å². The Morgan fingerprint density at radius 1 is 0.422 bits per heavy atom. The van der Waals surface area contributed by atoms with Gasteiger partial charge in [-0.25, -0.2) is 0 Å². The van der Waals surface area contributed by atoms with Gasteiger partial charge in [0, 0.05) is 72.5 Å². The van der Waals surface area contributed by atoms with Crippen LogP contribution in [-0.4, -0.2) is 289 Å². The van der Waals surface area contributed by atoms with E-state index in [4.69, 9.17) is 42.6 Å². The zero-order valence-electron chi connectivity index (χ0n) is 52.3. The first-order valence-corrected chi connectivity index (χ1v) is 30.3. The number of rotatable bonds is 42. The third-order valence-corrected chi connectivity index (χ3v) is 14.3. The lowest BCUT2D eigenvalue weighted by Crippen LogP contribution is -2.64. The number of unbranched alkanes of at least 4 members (excludes halogenated alkanes) is 1. The van der Waals surface area contributed by atoms with Crippen LogP contribution < -0.4 is 42.5 Å². The molecule has 0 aliphatic carbocycles. The number of carbonyl (C=O) groups is 8. The van der Waals surface area contributed by atoms with Gasteiger partial charge < -0.3 is 131 Å². The van der Waals surface area contributed by atoms with E-state index in [1.54, 1.807) is 20.8 Å². The van der Waals surface area contributed by atoms with Crippen LogP contribution in [0.2, 0.25) is 0 Å². The average molecular weight is 1300 g/mol. The van der Waals surface area contributed by atoms with Crippen LogP contribution >= 0.6 is 0 Å². The molecule has 3 rings (SSSR count). The quantitative estimate of drug-likeness (QED) is 0.0200. The number of amides is 8. The van der Waals surface area contributed by atoms with Gasteiger partial charge in [0.2, 0.25) is 47.3 Å². The first-order chi connectivity index (χ1) is 42.6. The van der Waals surface area contributed by atoms with Gasteiger partial charge in [0.05, 0.1) is 77.2 Å². The molecule has 3 aliphatic heterocycles. The molecule has 34 nitrogen and oxygen atoms in total. The van der Waals surface area contributed by atoms with Gasteiger partial charge in [0.15, 0.2) is 18.9 Å². The molecule has 3 saturated heterocycles. The molecule has 3 fully saturated rings. The van der Waals surface area contributed by atoms with E-state index in [1.807, 2.05) is 0 Å². The van der Waals surface area contributed by atoms with E-state index >= 15 is 0 Å². The molecule has 0 aromatic carbocycles. The van der Waals surface area contributed by atoms with Crippen molar-refractivity contribution in [3.8, 4) is 0 Å². The zero-order chi connectivity index (χ0) is 67.0. The molecule has 0 aromatic rings. The summed E-state index contributed by atoms with van der Waals surface area (Å²) in [5.41, 5.74) is -1.91. The minimum atomic E-state index is -1.51. The van der Waals surface area contributed by atoms with Crippen molar-refractivity contribution in [2.75, 3.05) is 92.4 Å². The van der Waals surface area contributed by atoms with Crippen molar-refractivity contribution in [3.63, 3.8) is 0 Å². The summed E-state index contributed by atoms with van der Waals surface area (Å²) in [6.07, 6.45) is -15.6. The van der Waals surface area contributed by atoms with Gasteiger partial charge in [-0.05, 0) is 52.9 Å². The Hall–Kier alpha value is -4.96. The zero-order valence-corrected chi connectivity index (χ0v) is 52.3. The highest BCUT2D eigenvalue weighted by molar-refractivity contribution is 5.84. The second kappa shape index (κ2) is 41.6. The average Bonchev–Trinajstić information content (AvgIpc) is 1.38. The van der Waals surface area contributed by atoms with Crippen molar-refractivity contribution < 1.29 is 127 Å². The standard InChI is InChI=1S/C56H100N8O26/c1-32(68)61-43-49(79)46(76)35(26-65)88-52(43)84-21-9-18-57-38(71)12-7-8-17-56(64-42(75)14-13-39(72)60-31-87-55(4,5)6,29-82-24-15-40(73)58-19-10-22-85-53-44(62-33(2)69)50(80)47(77)36(27-66)89-53)30-83-25-16-41(74)59-20-11-23-86-54-45(63-34(3)70)51(81)48(78)37(28-67)90-54/h35-37,43-54,65-67,76-81H,7-31H2,1-6H3,(H,57,71)(H,58,73)(H,59,74)(H,60,72)(H,61,68)(H,62,69)(H,63,70)(H,64,75)/t35?,36?,37?,43?,44?,45?,46-,47-,48-,49+,50+,51+,52+,53+,54+,56?/m0/s1. The summed E-state index contributed by atoms with van der Waals surface area (Å²) in [6, 6.07) is -3.45. The Morgan fingerprint density at radius 2 is 0.767 bits per heavy atom. The highest BCUT2D eigenvalue weighted by Gasteiger charge is 2.48. The molecule has 0 bridgehead atoms. The summed E-state index contributed by atoms with van der Waals surface area (Å²) in [5, 5.41) is 113. The second-order valence-electron chi connectivity index (χ2n) is 23.2. The summed E-state index contributed by atoms with van der Waals surface area (Å²) in [5.74, 6) is -3.83. The summed E-state index contributed by atoms with van der Waals surface area (Å²) in [6.45, 7) is 6.49. The van der Waals surface area contributed by atoms with E-state index in [0.717, 1.165) is 0 Å². The highest BCUT2D eigenvalue weighted by Crippen LogP contribution is 2.26. The van der Waals surface area contributed by atoms with Gasteiger partial charge in [-0.3, -0.25) is 38.4 Å². The van der Waals surface area contributed by atoms with E-state index in [0.29, 0.717) is 6.42 Å². The van der Waals surface area contributed by atoms with Crippen molar-refractivity contribution in [3.05, 3.63) is 0 Å². The maximum absolute atomic E-state index is 13.8. The van der Waals surface area contributed by atoms with Crippen LogP contribution in [0.15, 0.2) is 0 Å². The molecular weight excluding hydrogens is 1200 g/mol.